The fourth-order valence-corrected chi connectivity index (χ4v) is 4.53. The third kappa shape index (κ3) is 5.93. The van der Waals surface area contributed by atoms with Crippen molar-refractivity contribution in [2.75, 3.05) is 26.4 Å². The van der Waals surface area contributed by atoms with Crippen molar-refractivity contribution in [1.82, 2.24) is 0 Å². The molecule has 216 valence electrons. The van der Waals surface area contributed by atoms with E-state index in [1.807, 2.05) is 0 Å². The van der Waals surface area contributed by atoms with Gasteiger partial charge in [0.15, 0.2) is 25.2 Å². The van der Waals surface area contributed by atoms with E-state index in [4.69, 9.17) is 33.2 Å². The molecule has 0 aliphatic carbocycles. The minimum absolute atomic E-state index is 0.428. The number of ether oxygens (including phenoxy) is 7. The highest BCUT2D eigenvalue weighted by molar-refractivity contribution is 4.94. The smallest absolute Gasteiger partial charge is 0.187 e. The second kappa shape index (κ2) is 12.2. The minimum atomic E-state index is -1.64. The van der Waals surface area contributed by atoms with Crippen LogP contribution in [0.25, 0.3) is 0 Å². The van der Waals surface area contributed by atoms with Crippen molar-refractivity contribution in [3.63, 3.8) is 0 Å². The number of aliphatic hydroxyl groups is 10. The van der Waals surface area contributed by atoms with Crippen molar-refractivity contribution in [1.29, 1.82) is 0 Å². The van der Waals surface area contributed by atoms with Crippen LogP contribution in [0.4, 0.5) is 0 Å². The lowest BCUT2D eigenvalue weighted by Crippen LogP contribution is -2.44. The summed E-state index contributed by atoms with van der Waals surface area (Å²) >= 11 is 0. The number of hydrogen-bond donors (Lipinski definition) is 10. The lowest BCUT2D eigenvalue weighted by atomic mass is 10.1. The van der Waals surface area contributed by atoms with Gasteiger partial charge in [-0.1, -0.05) is 0 Å². The van der Waals surface area contributed by atoms with E-state index in [1.165, 1.54) is 0 Å². The van der Waals surface area contributed by atoms with Crippen molar-refractivity contribution >= 4 is 0 Å². The molecule has 0 unspecified atom stereocenters. The van der Waals surface area contributed by atoms with E-state index in [1.54, 1.807) is 0 Å². The Morgan fingerprint density at radius 3 is 1.43 bits per heavy atom. The lowest BCUT2D eigenvalue weighted by Gasteiger charge is -2.26. The molecule has 4 heterocycles. The largest absolute Gasteiger partial charge is 0.394 e. The summed E-state index contributed by atoms with van der Waals surface area (Å²) in [5.41, 5.74) is 0. The van der Waals surface area contributed by atoms with Crippen molar-refractivity contribution < 1.29 is 84.2 Å². The van der Waals surface area contributed by atoms with Crippen LogP contribution in [0.15, 0.2) is 0 Å². The number of hydrogen-bond acceptors (Lipinski definition) is 17. The second-order valence-corrected chi connectivity index (χ2v) is 9.26. The van der Waals surface area contributed by atoms with Crippen LogP contribution in [-0.4, -0.2) is 176 Å². The maximum atomic E-state index is 10.8. The molecule has 4 aliphatic rings. The molecule has 0 aromatic carbocycles. The summed E-state index contributed by atoms with van der Waals surface area (Å²) in [5.74, 6) is 0. The first-order valence-corrected chi connectivity index (χ1v) is 11.7. The maximum absolute atomic E-state index is 10.8. The van der Waals surface area contributed by atoms with E-state index in [0.29, 0.717) is 0 Å². The Labute approximate surface area is 209 Å². The van der Waals surface area contributed by atoms with Gasteiger partial charge in [-0.05, 0) is 0 Å². The van der Waals surface area contributed by atoms with Crippen LogP contribution < -0.4 is 0 Å². The van der Waals surface area contributed by atoms with Gasteiger partial charge < -0.3 is 84.2 Å². The maximum Gasteiger partial charge on any atom is 0.187 e. The van der Waals surface area contributed by atoms with Gasteiger partial charge in [0.05, 0.1) is 26.4 Å². The summed E-state index contributed by atoms with van der Waals surface area (Å²) in [6, 6.07) is 0. The highest BCUT2D eigenvalue weighted by Crippen LogP contribution is 2.32. The van der Waals surface area contributed by atoms with Gasteiger partial charge in [-0.2, -0.15) is 0 Å². The molecule has 4 fully saturated rings. The van der Waals surface area contributed by atoms with Gasteiger partial charge in [-0.15, -0.1) is 0 Å². The third-order valence-electron chi connectivity index (χ3n) is 6.77. The highest BCUT2D eigenvalue weighted by Gasteiger charge is 2.52. The summed E-state index contributed by atoms with van der Waals surface area (Å²) < 4.78 is 37.8. The Kier molecular flexibility index (Phi) is 9.69. The van der Waals surface area contributed by atoms with Crippen LogP contribution in [0.3, 0.4) is 0 Å². The van der Waals surface area contributed by atoms with Gasteiger partial charge >= 0.3 is 0 Å². The van der Waals surface area contributed by atoms with Crippen LogP contribution in [0.2, 0.25) is 0 Å². The van der Waals surface area contributed by atoms with Gasteiger partial charge in [-0.3, -0.25) is 0 Å². The zero-order valence-corrected chi connectivity index (χ0v) is 19.4. The fourth-order valence-electron chi connectivity index (χ4n) is 4.53. The van der Waals surface area contributed by atoms with Gasteiger partial charge in [0, 0.05) is 0 Å². The van der Waals surface area contributed by atoms with Crippen molar-refractivity contribution in [3.05, 3.63) is 0 Å². The second-order valence-electron chi connectivity index (χ2n) is 9.26. The predicted octanol–water partition coefficient (Wildman–Crippen LogP) is -7.19. The molecule has 0 aromatic rings. The van der Waals surface area contributed by atoms with Crippen LogP contribution in [0, 0.1) is 0 Å². The fraction of sp³-hybridized carbons (Fsp3) is 1.00. The summed E-state index contributed by atoms with van der Waals surface area (Å²) in [6.45, 7) is -2.06. The van der Waals surface area contributed by atoms with Gasteiger partial charge in [-0.25, -0.2) is 0 Å². The number of rotatable bonds is 10. The Morgan fingerprint density at radius 2 is 0.919 bits per heavy atom. The quantitative estimate of drug-likeness (QED) is 0.122. The average molecular weight is 546 g/mol. The molecule has 0 spiro atoms. The van der Waals surface area contributed by atoms with Crippen molar-refractivity contribution in [2.45, 2.75) is 98.4 Å². The molecule has 0 bridgehead atoms. The molecule has 0 amide bonds. The first-order valence-electron chi connectivity index (χ1n) is 11.7. The Morgan fingerprint density at radius 1 is 0.459 bits per heavy atom. The topological polar surface area (TPSA) is 267 Å². The number of aliphatic hydroxyl groups excluding tert-OH is 10. The normalized spacial score (nSPS) is 52.4. The van der Waals surface area contributed by atoms with Crippen LogP contribution in [0.5, 0.6) is 0 Å². The molecule has 4 rings (SSSR count). The molecule has 4 saturated heterocycles. The molecular weight excluding hydrogens is 512 g/mol. The summed E-state index contributed by atoms with van der Waals surface area (Å²) in [6.07, 6.45) is -22.5. The lowest BCUT2D eigenvalue weighted by molar-refractivity contribution is -0.228. The zero-order chi connectivity index (χ0) is 27.0. The summed E-state index contributed by atoms with van der Waals surface area (Å²) in [7, 11) is 0. The Balaban J connectivity index is 1.41. The van der Waals surface area contributed by atoms with Gasteiger partial charge in [0.1, 0.15) is 73.2 Å². The van der Waals surface area contributed by atoms with E-state index in [-0.39, 0.29) is 0 Å². The first-order chi connectivity index (χ1) is 17.6. The van der Waals surface area contributed by atoms with Crippen LogP contribution in [-0.2, 0) is 33.2 Å². The van der Waals surface area contributed by atoms with E-state index < -0.39 is 125 Å². The Bertz CT molecular complexity index is 731. The van der Waals surface area contributed by atoms with E-state index in [0.717, 1.165) is 0 Å². The molecule has 0 saturated carbocycles. The van der Waals surface area contributed by atoms with Gasteiger partial charge in [0.2, 0.25) is 0 Å². The molecule has 4 aliphatic heterocycles. The van der Waals surface area contributed by atoms with E-state index in [2.05, 4.69) is 0 Å². The SMILES string of the molecule is OC[C@H]1O[C@H](OC[C@H]2O[C@H](OC[C@H]3O[C@H](O)[C@@H](O)[C@@H]3O)[C@@H](O)[C@@H]2O[C@H]2O[C@H](CO)[C@@H](O)[C@@H]2O)[C@@H](O)[C@@H]1O. The van der Waals surface area contributed by atoms with E-state index in [9.17, 15) is 51.1 Å². The average Bonchev–Trinajstić information content (AvgIpc) is 3.52. The molecule has 10 N–H and O–H groups in total. The van der Waals surface area contributed by atoms with Crippen LogP contribution in [0.1, 0.15) is 0 Å². The van der Waals surface area contributed by atoms with Crippen molar-refractivity contribution in [3.8, 4) is 0 Å². The molecule has 37 heavy (non-hydrogen) atoms. The van der Waals surface area contributed by atoms with Crippen LogP contribution >= 0.6 is 0 Å². The molecule has 17 heteroatoms. The highest BCUT2D eigenvalue weighted by atomic mass is 16.8. The standard InChI is InChI=1S/C20H34O17/c21-1-5-9(23)13(27)18(34-5)32-4-8-16(37-20-14(28)10(24)6(2-22)35-20)15(29)19(36-8)31-3-7-11(25)12(26)17(30)33-7/h5-30H,1-4H2/t5-,6-,7-,8-,9-,10-,11-,12+,13+,14+,15+,16-,17+,18+,19+,20-/m1/s1. The van der Waals surface area contributed by atoms with E-state index >= 15 is 0 Å². The van der Waals surface area contributed by atoms with Crippen molar-refractivity contribution in [2.24, 2.45) is 0 Å². The predicted molar refractivity (Wildman–Crippen MR) is 110 cm³/mol. The summed E-state index contributed by atoms with van der Waals surface area (Å²) in [5, 5.41) is 98.6. The minimum Gasteiger partial charge on any atom is -0.394 e. The molecular formula is C20H34O17. The molecule has 0 aromatic heterocycles. The summed E-state index contributed by atoms with van der Waals surface area (Å²) in [4.78, 5) is 0. The third-order valence-corrected chi connectivity index (χ3v) is 6.77. The van der Waals surface area contributed by atoms with Gasteiger partial charge in [0.25, 0.3) is 0 Å². The molecule has 16 atom stereocenters. The zero-order valence-electron chi connectivity index (χ0n) is 19.4. The Hall–Kier alpha value is -0.680. The molecule has 0 radical (unpaired) electrons. The molecule has 17 nitrogen and oxygen atoms in total. The monoisotopic (exact) mass is 546 g/mol. The first kappa shape index (κ1) is 29.3.